The van der Waals surface area contributed by atoms with Crippen molar-refractivity contribution in [2.75, 3.05) is 11.5 Å². The van der Waals surface area contributed by atoms with Crippen LogP contribution in [0.15, 0.2) is 11.6 Å². The summed E-state index contributed by atoms with van der Waals surface area (Å²) in [5.41, 5.74) is 1.20. The SMILES string of the molecule is C/C=C1\CSCCC1O. The molecule has 1 saturated heterocycles. The molecule has 0 aromatic heterocycles. The summed E-state index contributed by atoms with van der Waals surface area (Å²) in [5.74, 6) is 2.14. The lowest BCUT2D eigenvalue weighted by Crippen LogP contribution is -2.17. The fourth-order valence-corrected chi connectivity index (χ4v) is 2.07. The average molecular weight is 144 g/mol. The summed E-state index contributed by atoms with van der Waals surface area (Å²) in [4.78, 5) is 0. The Hall–Kier alpha value is 0.0500. The highest BCUT2D eigenvalue weighted by atomic mass is 32.2. The summed E-state index contributed by atoms with van der Waals surface area (Å²) in [5, 5.41) is 9.29. The first-order valence-corrected chi connectivity index (χ1v) is 4.41. The Morgan fingerprint density at radius 2 is 2.56 bits per heavy atom. The number of hydrogen-bond donors (Lipinski definition) is 1. The molecule has 1 unspecified atom stereocenters. The van der Waals surface area contributed by atoms with Crippen molar-refractivity contribution in [3.8, 4) is 0 Å². The molecule has 0 bridgehead atoms. The van der Waals surface area contributed by atoms with E-state index in [1.54, 1.807) is 0 Å². The molecular weight excluding hydrogens is 132 g/mol. The number of thioether (sulfide) groups is 1. The summed E-state index contributed by atoms with van der Waals surface area (Å²) < 4.78 is 0. The van der Waals surface area contributed by atoms with E-state index < -0.39 is 0 Å². The largest absolute Gasteiger partial charge is 0.389 e. The molecule has 0 amide bonds. The van der Waals surface area contributed by atoms with E-state index in [0.29, 0.717) is 0 Å². The monoisotopic (exact) mass is 144 g/mol. The second-order valence-electron chi connectivity index (χ2n) is 2.22. The predicted octanol–water partition coefficient (Wildman–Crippen LogP) is 1.43. The van der Waals surface area contributed by atoms with Gasteiger partial charge in [-0.3, -0.25) is 0 Å². The molecule has 0 aliphatic carbocycles. The highest BCUT2D eigenvalue weighted by Gasteiger charge is 2.14. The summed E-state index contributed by atoms with van der Waals surface area (Å²) >= 11 is 1.90. The molecule has 2 heteroatoms. The zero-order chi connectivity index (χ0) is 6.69. The molecule has 1 nitrogen and oxygen atoms in total. The molecule has 1 aliphatic heterocycles. The molecule has 1 fully saturated rings. The molecule has 52 valence electrons. The van der Waals surface area contributed by atoms with Crippen LogP contribution < -0.4 is 0 Å². The standard InChI is InChI=1S/C7H12OS/c1-2-6-5-9-4-3-7(6)8/h2,7-8H,3-5H2,1H3/b6-2+. The lowest BCUT2D eigenvalue weighted by Gasteiger charge is -2.19. The third kappa shape index (κ3) is 1.73. The van der Waals surface area contributed by atoms with Crippen LogP contribution in [-0.2, 0) is 0 Å². The molecule has 0 spiro atoms. The van der Waals surface area contributed by atoms with Crippen LogP contribution in [0.25, 0.3) is 0 Å². The Labute approximate surface area is 60.2 Å². The number of hydrogen-bond acceptors (Lipinski definition) is 2. The first-order chi connectivity index (χ1) is 4.34. The minimum Gasteiger partial charge on any atom is -0.389 e. The van der Waals surface area contributed by atoms with Crippen LogP contribution in [0.1, 0.15) is 13.3 Å². The third-order valence-electron chi connectivity index (χ3n) is 1.60. The lowest BCUT2D eigenvalue weighted by atomic mass is 10.1. The summed E-state index contributed by atoms with van der Waals surface area (Å²) in [7, 11) is 0. The summed E-state index contributed by atoms with van der Waals surface area (Å²) in [6.07, 6.45) is 2.82. The van der Waals surface area contributed by atoms with Gasteiger partial charge in [0.1, 0.15) is 0 Å². The zero-order valence-corrected chi connectivity index (χ0v) is 6.45. The minimum absolute atomic E-state index is 0.142. The van der Waals surface area contributed by atoms with Gasteiger partial charge in [-0.2, -0.15) is 11.8 Å². The van der Waals surface area contributed by atoms with Crippen LogP contribution in [-0.4, -0.2) is 22.7 Å². The second kappa shape index (κ2) is 3.28. The van der Waals surface area contributed by atoms with Gasteiger partial charge in [-0.1, -0.05) is 6.08 Å². The maximum Gasteiger partial charge on any atom is 0.0765 e. The van der Waals surface area contributed by atoms with Crippen LogP contribution in [0.4, 0.5) is 0 Å². The Morgan fingerprint density at radius 1 is 1.78 bits per heavy atom. The Kier molecular flexibility index (Phi) is 2.61. The van der Waals surface area contributed by atoms with Gasteiger partial charge < -0.3 is 5.11 Å². The Morgan fingerprint density at radius 3 is 3.00 bits per heavy atom. The molecular formula is C7H12OS. The normalized spacial score (nSPS) is 33.1. The molecule has 1 rings (SSSR count). The van der Waals surface area contributed by atoms with Gasteiger partial charge in [0.05, 0.1) is 6.10 Å². The highest BCUT2D eigenvalue weighted by molar-refractivity contribution is 7.99. The summed E-state index contributed by atoms with van der Waals surface area (Å²) in [6.45, 7) is 1.99. The van der Waals surface area contributed by atoms with Crippen molar-refractivity contribution in [1.29, 1.82) is 0 Å². The Balaban J connectivity index is 2.49. The molecule has 1 N–H and O–H groups in total. The first kappa shape index (κ1) is 7.16. The predicted molar refractivity (Wildman–Crippen MR) is 41.7 cm³/mol. The number of aliphatic hydroxyl groups excluding tert-OH is 1. The maximum atomic E-state index is 9.29. The van der Waals surface area contributed by atoms with E-state index in [1.807, 2.05) is 24.8 Å². The molecule has 0 aromatic rings. The lowest BCUT2D eigenvalue weighted by molar-refractivity contribution is 0.206. The van der Waals surface area contributed by atoms with Crippen LogP contribution >= 0.6 is 11.8 Å². The number of aliphatic hydroxyl groups is 1. The molecule has 0 radical (unpaired) electrons. The molecule has 0 aromatic carbocycles. The van der Waals surface area contributed by atoms with Gasteiger partial charge in [-0.15, -0.1) is 0 Å². The molecule has 1 atom stereocenters. The quantitative estimate of drug-likeness (QED) is 0.519. The minimum atomic E-state index is -0.142. The summed E-state index contributed by atoms with van der Waals surface area (Å²) in [6, 6.07) is 0. The first-order valence-electron chi connectivity index (χ1n) is 3.25. The number of rotatable bonds is 0. The zero-order valence-electron chi connectivity index (χ0n) is 5.63. The topological polar surface area (TPSA) is 20.2 Å². The van der Waals surface area contributed by atoms with Gasteiger partial charge in [-0.05, 0) is 24.7 Å². The van der Waals surface area contributed by atoms with Gasteiger partial charge in [0, 0.05) is 5.75 Å². The number of allylic oxidation sites excluding steroid dienone is 1. The molecule has 0 saturated carbocycles. The van der Waals surface area contributed by atoms with Crippen molar-refractivity contribution in [2.45, 2.75) is 19.4 Å². The van der Waals surface area contributed by atoms with Gasteiger partial charge in [0.2, 0.25) is 0 Å². The van der Waals surface area contributed by atoms with E-state index in [4.69, 9.17) is 0 Å². The van der Waals surface area contributed by atoms with Crippen LogP contribution in [0, 0.1) is 0 Å². The van der Waals surface area contributed by atoms with Crippen LogP contribution in [0.2, 0.25) is 0 Å². The fourth-order valence-electron chi connectivity index (χ4n) is 0.942. The van der Waals surface area contributed by atoms with Gasteiger partial charge in [0.25, 0.3) is 0 Å². The van der Waals surface area contributed by atoms with Gasteiger partial charge >= 0.3 is 0 Å². The average Bonchev–Trinajstić information content (AvgIpc) is 1.89. The maximum absolute atomic E-state index is 9.29. The van der Waals surface area contributed by atoms with E-state index >= 15 is 0 Å². The molecule has 1 aliphatic rings. The van der Waals surface area contributed by atoms with Crippen molar-refractivity contribution < 1.29 is 5.11 Å². The van der Waals surface area contributed by atoms with E-state index in [9.17, 15) is 5.11 Å². The van der Waals surface area contributed by atoms with Crippen molar-refractivity contribution >= 4 is 11.8 Å². The van der Waals surface area contributed by atoms with Gasteiger partial charge in [-0.25, -0.2) is 0 Å². The highest BCUT2D eigenvalue weighted by Crippen LogP contribution is 2.21. The van der Waals surface area contributed by atoms with Crippen molar-refractivity contribution in [1.82, 2.24) is 0 Å². The molecule has 9 heavy (non-hydrogen) atoms. The van der Waals surface area contributed by atoms with Crippen molar-refractivity contribution in [3.63, 3.8) is 0 Å². The van der Waals surface area contributed by atoms with E-state index in [-0.39, 0.29) is 6.10 Å². The Bertz CT molecular complexity index is 120. The van der Waals surface area contributed by atoms with Crippen LogP contribution in [0.5, 0.6) is 0 Å². The van der Waals surface area contributed by atoms with Crippen LogP contribution in [0.3, 0.4) is 0 Å². The van der Waals surface area contributed by atoms with E-state index in [0.717, 1.165) is 17.9 Å². The second-order valence-corrected chi connectivity index (χ2v) is 3.33. The van der Waals surface area contributed by atoms with Crippen molar-refractivity contribution in [2.24, 2.45) is 0 Å². The third-order valence-corrected chi connectivity index (χ3v) is 2.66. The fraction of sp³-hybridized carbons (Fsp3) is 0.714. The smallest absolute Gasteiger partial charge is 0.0765 e. The van der Waals surface area contributed by atoms with Gasteiger partial charge in [0.15, 0.2) is 0 Å². The van der Waals surface area contributed by atoms with Crippen molar-refractivity contribution in [3.05, 3.63) is 11.6 Å². The van der Waals surface area contributed by atoms with E-state index in [2.05, 4.69) is 0 Å². The van der Waals surface area contributed by atoms with E-state index in [1.165, 1.54) is 5.57 Å². The molecule has 1 heterocycles.